The molecule has 0 atom stereocenters. The highest BCUT2D eigenvalue weighted by molar-refractivity contribution is 7.80. The Hall–Kier alpha value is -2.11. The number of nitrogens with zero attached hydrogens (tertiary/aromatic N) is 2. The minimum Gasteiger partial charge on any atom is -0.372 e. The summed E-state index contributed by atoms with van der Waals surface area (Å²) in [4.78, 5) is 2.35. The van der Waals surface area contributed by atoms with Crippen molar-refractivity contribution in [3.8, 4) is 0 Å². The van der Waals surface area contributed by atoms with Crippen molar-refractivity contribution < 1.29 is 0 Å². The molecule has 0 radical (unpaired) electrons. The fourth-order valence-electron chi connectivity index (χ4n) is 2.40. The summed E-state index contributed by atoms with van der Waals surface area (Å²) < 4.78 is 0. The fraction of sp³-hybridized carbons (Fsp3) is 0.263. The van der Waals surface area contributed by atoms with E-state index in [1.165, 1.54) is 5.69 Å². The molecule has 0 aliphatic carbocycles. The van der Waals surface area contributed by atoms with E-state index in [2.05, 4.69) is 46.7 Å². The SMILES string of the molecule is CCCN(CC)c1ccc(C=NNC(=S)Nc2cccc(Cl)c2)cc1. The van der Waals surface area contributed by atoms with E-state index in [0.29, 0.717) is 10.1 Å². The van der Waals surface area contributed by atoms with Gasteiger partial charge < -0.3 is 10.2 Å². The van der Waals surface area contributed by atoms with Crippen LogP contribution in [0.5, 0.6) is 0 Å². The lowest BCUT2D eigenvalue weighted by atomic mass is 10.2. The molecule has 25 heavy (non-hydrogen) atoms. The van der Waals surface area contributed by atoms with Crippen LogP contribution in [0.1, 0.15) is 25.8 Å². The lowest BCUT2D eigenvalue weighted by molar-refractivity contribution is 0.792. The normalized spacial score (nSPS) is 10.7. The van der Waals surface area contributed by atoms with E-state index in [1.807, 2.05) is 30.3 Å². The van der Waals surface area contributed by atoms with Gasteiger partial charge in [-0.2, -0.15) is 5.10 Å². The Kier molecular flexibility index (Phi) is 7.70. The molecule has 2 aromatic carbocycles. The third-order valence-electron chi connectivity index (χ3n) is 3.60. The molecule has 0 saturated heterocycles. The van der Waals surface area contributed by atoms with Gasteiger partial charge >= 0.3 is 0 Å². The summed E-state index contributed by atoms with van der Waals surface area (Å²) in [6.07, 6.45) is 2.88. The van der Waals surface area contributed by atoms with Crippen molar-refractivity contribution in [3.05, 3.63) is 59.1 Å². The molecular formula is C19H23ClN4S. The van der Waals surface area contributed by atoms with E-state index in [1.54, 1.807) is 12.3 Å². The molecule has 0 aromatic heterocycles. The summed E-state index contributed by atoms with van der Waals surface area (Å²) in [7, 11) is 0. The van der Waals surface area contributed by atoms with Gasteiger partial charge in [-0.3, -0.25) is 5.43 Å². The number of thiocarbonyl (C=S) groups is 1. The zero-order chi connectivity index (χ0) is 18.1. The third-order valence-corrected chi connectivity index (χ3v) is 4.02. The van der Waals surface area contributed by atoms with Gasteiger partial charge in [-0.05, 0) is 61.5 Å². The van der Waals surface area contributed by atoms with E-state index in [-0.39, 0.29) is 0 Å². The monoisotopic (exact) mass is 374 g/mol. The van der Waals surface area contributed by atoms with E-state index < -0.39 is 0 Å². The largest absolute Gasteiger partial charge is 0.372 e. The maximum atomic E-state index is 5.94. The Morgan fingerprint density at radius 3 is 2.60 bits per heavy atom. The standard InChI is InChI=1S/C19H23ClN4S/c1-3-12-24(4-2)18-10-8-15(9-11-18)14-21-23-19(25)22-17-7-5-6-16(20)13-17/h5-11,13-14H,3-4,12H2,1-2H3,(H2,22,23,25). The first kappa shape index (κ1) is 19.2. The van der Waals surface area contributed by atoms with Gasteiger partial charge in [0.15, 0.2) is 5.11 Å². The van der Waals surface area contributed by atoms with Crippen molar-refractivity contribution in [1.29, 1.82) is 0 Å². The Labute approximate surface area is 159 Å². The molecule has 0 saturated carbocycles. The van der Waals surface area contributed by atoms with Gasteiger partial charge in [0, 0.05) is 29.5 Å². The van der Waals surface area contributed by atoms with Crippen LogP contribution < -0.4 is 15.6 Å². The molecule has 0 amide bonds. The minimum atomic E-state index is 0.412. The number of rotatable bonds is 7. The van der Waals surface area contributed by atoms with Crippen molar-refractivity contribution in [2.24, 2.45) is 5.10 Å². The third kappa shape index (κ3) is 6.36. The molecule has 0 fully saturated rings. The quantitative estimate of drug-likeness (QED) is 0.411. The van der Waals surface area contributed by atoms with Gasteiger partial charge in [-0.15, -0.1) is 0 Å². The van der Waals surface area contributed by atoms with Gasteiger partial charge in [0.1, 0.15) is 0 Å². The van der Waals surface area contributed by atoms with Crippen LogP contribution in [0.4, 0.5) is 11.4 Å². The van der Waals surface area contributed by atoms with E-state index in [0.717, 1.165) is 30.8 Å². The van der Waals surface area contributed by atoms with E-state index in [9.17, 15) is 0 Å². The van der Waals surface area contributed by atoms with Crippen LogP contribution >= 0.6 is 23.8 Å². The molecule has 2 aromatic rings. The van der Waals surface area contributed by atoms with Crippen LogP contribution in [-0.4, -0.2) is 24.4 Å². The van der Waals surface area contributed by atoms with E-state index >= 15 is 0 Å². The molecule has 0 spiro atoms. The smallest absolute Gasteiger partial charge is 0.191 e. The second kappa shape index (κ2) is 10.0. The molecule has 2 rings (SSSR count). The molecule has 0 bridgehead atoms. The van der Waals surface area contributed by atoms with Gasteiger partial charge in [-0.1, -0.05) is 36.7 Å². The number of anilines is 2. The minimum absolute atomic E-state index is 0.412. The number of hydrogen-bond donors (Lipinski definition) is 2. The van der Waals surface area contributed by atoms with Gasteiger partial charge in [-0.25, -0.2) is 0 Å². The molecule has 132 valence electrons. The van der Waals surface area contributed by atoms with Crippen LogP contribution in [0, 0.1) is 0 Å². The highest BCUT2D eigenvalue weighted by atomic mass is 35.5. The maximum Gasteiger partial charge on any atom is 0.191 e. The van der Waals surface area contributed by atoms with Gasteiger partial charge in [0.2, 0.25) is 0 Å². The molecule has 0 unspecified atom stereocenters. The van der Waals surface area contributed by atoms with Crippen LogP contribution in [0.3, 0.4) is 0 Å². The summed E-state index contributed by atoms with van der Waals surface area (Å²) in [5.74, 6) is 0. The van der Waals surface area contributed by atoms with Gasteiger partial charge in [0.05, 0.1) is 6.21 Å². The van der Waals surface area contributed by atoms with Gasteiger partial charge in [0.25, 0.3) is 0 Å². The zero-order valence-corrected chi connectivity index (χ0v) is 16.1. The molecule has 0 aliphatic heterocycles. The summed E-state index contributed by atoms with van der Waals surface area (Å²) >= 11 is 11.1. The number of halogens is 1. The highest BCUT2D eigenvalue weighted by Gasteiger charge is 2.02. The average molecular weight is 375 g/mol. The molecule has 0 heterocycles. The number of hydrogen-bond acceptors (Lipinski definition) is 3. The molecule has 4 nitrogen and oxygen atoms in total. The summed E-state index contributed by atoms with van der Waals surface area (Å²) in [5.41, 5.74) is 5.86. The van der Waals surface area contributed by atoms with Crippen molar-refractivity contribution in [2.45, 2.75) is 20.3 Å². The predicted octanol–water partition coefficient (Wildman–Crippen LogP) is 4.90. The number of benzene rings is 2. The van der Waals surface area contributed by atoms with Crippen LogP contribution in [0.15, 0.2) is 53.6 Å². The molecule has 6 heteroatoms. The number of hydrazone groups is 1. The first-order valence-electron chi connectivity index (χ1n) is 8.33. The van der Waals surface area contributed by atoms with Crippen LogP contribution in [0.2, 0.25) is 5.02 Å². The number of nitrogens with one attached hydrogen (secondary N) is 2. The lowest BCUT2D eigenvalue weighted by Gasteiger charge is -2.22. The summed E-state index contributed by atoms with van der Waals surface area (Å²) in [5, 5.41) is 8.26. The van der Waals surface area contributed by atoms with Crippen molar-refractivity contribution in [1.82, 2.24) is 5.43 Å². The van der Waals surface area contributed by atoms with Crippen LogP contribution in [-0.2, 0) is 0 Å². The summed E-state index contributed by atoms with van der Waals surface area (Å²) in [6.45, 7) is 6.43. The molecule has 2 N–H and O–H groups in total. The average Bonchev–Trinajstić information content (AvgIpc) is 2.60. The first-order chi connectivity index (χ1) is 12.1. The Morgan fingerprint density at radius 1 is 1.20 bits per heavy atom. The second-order valence-corrected chi connectivity index (χ2v) is 6.35. The second-order valence-electron chi connectivity index (χ2n) is 5.51. The van der Waals surface area contributed by atoms with Crippen molar-refractivity contribution in [2.75, 3.05) is 23.3 Å². The zero-order valence-electron chi connectivity index (χ0n) is 14.5. The van der Waals surface area contributed by atoms with Crippen molar-refractivity contribution in [3.63, 3.8) is 0 Å². The van der Waals surface area contributed by atoms with E-state index in [4.69, 9.17) is 23.8 Å². The fourth-order valence-corrected chi connectivity index (χ4v) is 2.76. The summed E-state index contributed by atoms with van der Waals surface area (Å²) in [6, 6.07) is 15.7. The predicted molar refractivity (Wildman–Crippen MR) is 113 cm³/mol. The Bertz CT molecular complexity index is 716. The lowest BCUT2D eigenvalue weighted by Crippen LogP contribution is -2.24. The van der Waals surface area contributed by atoms with Crippen molar-refractivity contribution >= 4 is 46.5 Å². The Morgan fingerprint density at radius 2 is 1.96 bits per heavy atom. The first-order valence-corrected chi connectivity index (χ1v) is 9.11. The topological polar surface area (TPSA) is 39.7 Å². The maximum absolute atomic E-state index is 5.94. The molecule has 0 aliphatic rings. The van der Waals surface area contributed by atoms with Crippen LogP contribution in [0.25, 0.3) is 0 Å². The molecular weight excluding hydrogens is 352 g/mol. The Balaban J connectivity index is 1.88. The highest BCUT2D eigenvalue weighted by Crippen LogP contribution is 2.15.